The summed E-state index contributed by atoms with van der Waals surface area (Å²) in [7, 11) is 5.89. The topological polar surface area (TPSA) is 86.8 Å². The zero-order chi connectivity index (χ0) is 20.9. The van der Waals surface area contributed by atoms with E-state index in [1.54, 1.807) is 24.9 Å². The zero-order valence-electron chi connectivity index (χ0n) is 17.3. The highest BCUT2D eigenvalue weighted by molar-refractivity contribution is 6.10. The Morgan fingerprint density at radius 3 is 2.45 bits per heavy atom. The van der Waals surface area contributed by atoms with Gasteiger partial charge in [0.05, 0.1) is 17.4 Å². The molecule has 0 saturated heterocycles. The molecule has 1 unspecified atom stereocenters. The van der Waals surface area contributed by atoms with Crippen LogP contribution in [0.15, 0.2) is 40.2 Å². The maximum absolute atomic E-state index is 13.0. The Labute approximate surface area is 168 Å². The van der Waals surface area contributed by atoms with Gasteiger partial charge in [0, 0.05) is 24.7 Å². The quantitative estimate of drug-likeness (QED) is 0.560. The standard InChI is InChI=1S/C22H25N5O2/c1-12(10-26(3)4)14-6-8-15(9-7-14)16-17-18(13(2)24-21(16)28)25-22(29)20-19(17)23-11-27(20)5/h6-9,11-12H,10H2,1-5H3,(H,24,28)(H,25,29). The summed E-state index contributed by atoms with van der Waals surface area (Å²) in [6.07, 6.45) is 1.60. The van der Waals surface area contributed by atoms with Gasteiger partial charge >= 0.3 is 0 Å². The van der Waals surface area contributed by atoms with Crippen molar-refractivity contribution in [2.75, 3.05) is 20.6 Å². The van der Waals surface area contributed by atoms with Crippen LogP contribution in [0.4, 0.5) is 0 Å². The van der Waals surface area contributed by atoms with Crippen LogP contribution in [-0.2, 0) is 7.05 Å². The summed E-state index contributed by atoms with van der Waals surface area (Å²) in [5.74, 6) is 0.381. The Morgan fingerprint density at radius 1 is 1.10 bits per heavy atom. The first-order chi connectivity index (χ1) is 13.8. The molecule has 0 fully saturated rings. The second kappa shape index (κ2) is 7.00. The fourth-order valence-electron chi connectivity index (χ4n) is 4.07. The minimum absolute atomic E-state index is 0.192. The number of hydrogen-bond acceptors (Lipinski definition) is 4. The predicted molar refractivity (Wildman–Crippen MR) is 117 cm³/mol. The highest BCUT2D eigenvalue weighted by Crippen LogP contribution is 2.30. The van der Waals surface area contributed by atoms with Gasteiger partial charge < -0.3 is 19.4 Å². The smallest absolute Gasteiger partial charge is 0.274 e. The molecule has 2 N–H and O–H groups in total. The number of likely N-dealkylation sites (N-methyl/N-ethyl adjacent to an activating group) is 1. The highest BCUT2D eigenvalue weighted by atomic mass is 16.1. The number of fused-ring (bicyclic) bond motifs is 3. The Bertz CT molecular complexity index is 1330. The third-order valence-corrected chi connectivity index (χ3v) is 5.44. The molecule has 0 spiro atoms. The van der Waals surface area contributed by atoms with Crippen molar-refractivity contribution in [2.45, 2.75) is 19.8 Å². The molecule has 0 saturated carbocycles. The molecule has 4 rings (SSSR count). The van der Waals surface area contributed by atoms with Crippen LogP contribution in [-0.4, -0.2) is 45.1 Å². The lowest BCUT2D eigenvalue weighted by Gasteiger charge is -2.17. The molecule has 7 nitrogen and oxygen atoms in total. The number of H-pyrrole nitrogens is 2. The normalized spacial score (nSPS) is 12.9. The van der Waals surface area contributed by atoms with Crippen LogP contribution in [0.1, 0.15) is 24.1 Å². The number of aromatic nitrogens is 4. The van der Waals surface area contributed by atoms with Crippen molar-refractivity contribution < 1.29 is 0 Å². The zero-order valence-corrected chi connectivity index (χ0v) is 17.3. The van der Waals surface area contributed by atoms with Gasteiger partial charge in [-0.15, -0.1) is 0 Å². The monoisotopic (exact) mass is 391 g/mol. The van der Waals surface area contributed by atoms with E-state index in [0.29, 0.717) is 39.1 Å². The minimum Gasteiger partial charge on any atom is -0.329 e. The number of nitrogens with zero attached hydrogens (tertiary/aromatic N) is 3. The number of imidazole rings is 1. The number of hydrogen-bond donors (Lipinski definition) is 2. The van der Waals surface area contributed by atoms with Crippen LogP contribution in [0.5, 0.6) is 0 Å². The van der Waals surface area contributed by atoms with Crippen molar-refractivity contribution in [1.82, 2.24) is 24.4 Å². The Morgan fingerprint density at radius 2 is 1.79 bits per heavy atom. The third-order valence-electron chi connectivity index (χ3n) is 5.44. The molecule has 0 aliphatic rings. The van der Waals surface area contributed by atoms with E-state index in [1.807, 2.05) is 12.1 Å². The van der Waals surface area contributed by atoms with E-state index in [4.69, 9.17) is 0 Å². The van der Waals surface area contributed by atoms with Gasteiger partial charge in [0.1, 0.15) is 11.0 Å². The first-order valence-electron chi connectivity index (χ1n) is 9.63. The average Bonchev–Trinajstić information content (AvgIpc) is 3.05. The molecule has 3 aromatic heterocycles. The van der Waals surface area contributed by atoms with Gasteiger partial charge in [-0.3, -0.25) is 9.59 Å². The molecule has 1 atom stereocenters. The SMILES string of the molecule is Cc1[nH]c(=O)c(-c2ccc(C(C)CN(C)C)cc2)c2c1[nH]c(=O)c1c2ncn1C. The Balaban J connectivity index is 1.98. The third kappa shape index (κ3) is 3.17. The number of rotatable bonds is 4. The van der Waals surface area contributed by atoms with E-state index in [9.17, 15) is 9.59 Å². The summed E-state index contributed by atoms with van der Waals surface area (Å²) in [5, 5.41) is 0.676. The van der Waals surface area contributed by atoms with Crippen molar-refractivity contribution in [2.24, 2.45) is 7.05 Å². The molecule has 0 amide bonds. The Kier molecular flexibility index (Phi) is 4.62. The summed E-state index contributed by atoms with van der Waals surface area (Å²) in [6.45, 7) is 4.92. The molecule has 3 heterocycles. The maximum atomic E-state index is 13.0. The lowest BCUT2D eigenvalue weighted by atomic mass is 9.95. The molecular weight excluding hydrogens is 366 g/mol. The summed E-state index contributed by atoms with van der Waals surface area (Å²) >= 11 is 0. The summed E-state index contributed by atoms with van der Waals surface area (Å²) in [4.78, 5) is 37.9. The van der Waals surface area contributed by atoms with Gasteiger partial charge in [0.15, 0.2) is 0 Å². The lowest BCUT2D eigenvalue weighted by molar-refractivity contribution is 0.383. The predicted octanol–water partition coefficient (Wildman–Crippen LogP) is 2.74. The van der Waals surface area contributed by atoms with Crippen LogP contribution in [0, 0.1) is 6.92 Å². The lowest BCUT2D eigenvalue weighted by Crippen LogP contribution is -2.18. The summed E-state index contributed by atoms with van der Waals surface area (Å²) in [5.41, 5.74) is 4.36. The van der Waals surface area contributed by atoms with E-state index >= 15 is 0 Å². The maximum Gasteiger partial charge on any atom is 0.274 e. The number of pyridine rings is 2. The molecule has 0 radical (unpaired) electrons. The number of aryl methyl sites for hydroxylation is 2. The van der Waals surface area contributed by atoms with E-state index in [1.165, 1.54) is 5.56 Å². The van der Waals surface area contributed by atoms with E-state index in [-0.39, 0.29) is 11.1 Å². The van der Waals surface area contributed by atoms with E-state index in [0.717, 1.165) is 12.1 Å². The number of aromatic amines is 2. The first kappa shape index (κ1) is 19.1. The number of nitrogens with one attached hydrogen (secondary N) is 2. The number of benzene rings is 1. The molecule has 150 valence electrons. The largest absolute Gasteiger partial charge is 0.329 e. The van der Waals surface area contributed by atoms with Crippen molar-refractivity contribution in [3.63, 3.8) is 0 Å². The first-order valence-corrected chi connectivity index (χ1v) is 9.63. The van der Waals surface area contributed by atoms with Gasteiger partial charge in [0.25, 0.3) is 11.1 Å². The fraction of sp³-hybridized carbons (Fsp3) is 0.318. The van der Waals surface area contributed by atoms with Crippen LogP contribution < -0.4 is 11.1 Å². The fourth-order valence-corrected chi connectivity index (χ4v) is 4.07. The average molecular weight is 391 g/mol. The molecule has 7 heteroatoms. The van der Waals surface area contributed by atoms with Gasteiger partial charge in [-0.25, -0.2) is 4.98 Å². The highest BCUT2D eigenvalue weighted by Gasteiger charge is 2.19. The van der Waals surface area contributed by atoms with E-state index < -0.39 is 0 Å². The summed E-state index contributed by atoms with van der Waals surface area (Å²) in [6, 6.07) is 8.08. The summed E-state index contributed by atoms with van der Waals surface area (Å²) < 4.78 is 1.68. The van der Waals surface area contributed by atoms with E-state index in [2.05, 4.69) is 53.0 Å². The van der Waals surface area contributed by atoms with Crippen LogP contribution in [0.2, 0.25) is 0 Å². The molecular formula is C22H25N5O2. The Hall–Kier alpha value is -3.19. The van der Waals surface area contributed by atoms with Gasteiger partial charge in [-0.05, 0) is 38.1 Å². The van der Waals surface area contributed by atoms with Crippen LogP contribution in [0.3, 0.4) is 0 Å². The molecule has 4 aromatic rings. The molecule has 0 aliphatic carbocycles. The van der Waals surface area contributed by atoms with Crippen molar-refractivity contribution in [3.05, 3.63) is 62.6 Å². The molecule has 1 aromatic carbocycles. The van der Waals surface area contributed by atoms with Crippen LogP contribution >= 0.6 is 0 Å². The molecule has 29 heavy (non-hydrogen) atoms. The second-order valence-electron chi connectivity index (χ2n) is 8.00. The van der Waals surface area contributed by atoms with Crippen molar-refractivity contribution >= 4 is 21.9 Å². The molecule has 0 aliphatic heterocycles. The second-order valence-corrected chi connectivity index (χ2v) is 8.00. The van der Waals surface area contributed by atoms with Gasteiger partial charge in [-0.1, -0.05) is 31.2 Å². The molecule has 0 bridgehead atoms. The van der Waals surface area contributed by atoms with Crippen molar-refractivity contribution in [1.29, 1.82) is 0 Å². The van der Waals surface area contributed by atoms with Crippen LogP contribution in [0.25, 0.3) is 33.1 Å². The minimum atomic E-state index is -0.221. The van der Waals surface area contributed by atoms with Gasteiger partial charge in [-0.2, -0.15) is 0 Å². The van der Waals surface area contributed by atoms with Crippen molar-refractivity contribution in [3.8, 4) is 11.1 Å². The van der Waals surface area contributed by atoms with Gasteiger partial charge in [0.2, 0.25) is 0 Å².